The summed E-state index contributed by atoms with van der Waals surface area (Å²) in [7, 11) is -1.48. The summed E-state index contributed by atoms with van der Waals surface area (Å²) in [6.45, 7) is 4.68. The van der Waals surface area contributed by atoms with Gasteiger partial charge in [0, 0.05) is 25.3 Å². The van der Waals surface area contributed by atoms with Crippen LogP contribution in [0.1, 0.15) is 35.1 Å². The first-order chi connectivity index (χ1) is 12.1. The predicted molar refractivity (Wildman–Crippen MR) is 92.4 cm³/mol. The summed E-state index contributed by atoms with van der Waals surface area (Å²) in [6.07, 6.45) is 0.364. The van der Waals surface area contributed by atoms with Crippen LogP contribution in [0.5, 0.6) is 0 Å². The molecule has 0 aromatic carbocycles. The van der Waals surface area contributed by atoms with Gasteiger partial charge in [0.1, 0.15) is 0 Å². The van der Waals surface area contributed by atoms with Crippen molar-refractivity contribution in [2.75, 3.05) is 24.7 Å². The van der Waals surface area contributed by atoms with E-state index in [1.54, 1.807) is 27.8 Å². The summed E-state index contributed by atoms with van der Waals surface area (Å²) < 4.78 is 29.5. The van der Waals surface area contributed by atoms with Crippen molar-refractivity contribution in [3.63, 3.8) is 0 Å². The smallest absolute Gasteiger partial charge is 0.380 e. The number of hydrogen-bond donors (Lipinski definition) is 0. The van der Waals surface area contributed by atoms with Gasteiger partial charge in [0.15, 0.2) is 16.4 Å². The van der Waals surface area contributed by atoms with Crippen LogP contribution in [0.25, 0.3) is 0 Å². The van der Waals surface area contributed by atoms with Crippen LogP contribution in [0.2, 0.25) is 0 Å². The molecule has 1 fully saturated rings. The van der Waals surface area contributed by atoms with Gasteiger partial charge in [-0.25, -0.2) is 13.2 Å². The molecule has 1 amide bonds. The molecule has 26 heavy (non-hydrogen) atoms. The van der Waals surface area contributed by atoms with Gasteiger partial charge >= 0.3 is 5.97 Å². The Morgan fingerprint density at radius 2 is 1.96 bits per heavy atom. The van der Waals surface area contributed by atoms with Gasteiger partial charge in [0.25, 0.3) is 11.7 Å². The van der Waals surface area contributed by atoms with Crippen LogP contribution in [0, 0.1) is 13.8 Å². The predicted octanol–water partition coefficient (Wildman–Crippen LogP) is -0.202. The number of aryl methyl sites for hydroxylation is 2. The van der Waals surface area contributed by atoms with E-state index in [0.717, 1.165) is 0 Å². The van der Waals surface area contributed by atoms with Crippen LogP contribution in [0.4, 0.5) is 0 Å². The van der Waals surface area contributed by atoms with Crippen LogP contribution in [0.3, 0.4) is 0 Å². The van der Waals surface area contributed by atoms with Gasteiger partial charge in [-0.2, -0.15) is 5.10 Å². The highest BCUT2D eigenvalue weighted by Gasteiger charge is 2.34. The molecule has 1 aliphatic rings. The molecule has 0 radical (unpaired) electrons. The third-order valence-corrected chi connectivity index (χ3v) is 6.31. The van der Waals surface area contributed by atoms with Gasteiger partial charge in [-0.15, -0.1) is 0 Å². The number of ether oxygens (including phenoxy) is 1. The summed E-state index contributed by atoms with van der Waals surface area (Å²) in [5, 5.41) is 4.07. The van der Waals surface area contributed by atoms with E-state index in [4.69, 9.17) is 4.74 Å². The Kier molecular flexibility index (Phi) is 5.84. The Hall–Kier alpha value is -2.23. The molecule has 0 bridgehead atoms. The maximum atomic E-state index is 12.3. The first-order valence-corrected chi connectivity index (χ1v) is 10.1. The van der Waals surface area contributed by atoms with Gasteiger partial charge < -0.3 is 9.64 Å². The van der Waals surface area contributed by atoms with Crippen LogP contribution < -0.4 is 0 Å². The van der Waals surface area contributed by atoms with Crippen molar-refractivity contribution in [1.82, 2.24) is 14.7 Å². The Balaban J connectivity index is 1.99. The summed E-state index contributed by atoms with van der Waals surface area (Å²) in [6, 6.07) is -0.422. The first-order valence-electron chi connectivity index (χ1n) is 8.29. The minimum absolute atomic E-state index is 0.0410. The van der Waals surface area contributed by atoms with Crippen molar-refractivity contribution < 1.29 is 27.5 Å². The number of amides is 1. The highest BCUT2D eigenvalue weighted by Crippen LogP contribution is 2.18. The molecule has 0 N–H and O–H groups in total. The molecule has 9 nitrogen and oxygen atoms in total. The standard InChI is InChI=1S/C16H23N3O6S/c1-5-19(12-6-7-26(23,24)9-12)13(20)8-25-16(22)15(21)14-10(2)17-18(4)11(14)3/h12H,5-9H2,1-4H3/t12-/m0/s1. The summed E-state index contributed by atoms with van der Waals surface area (Å²) in [5.41, 5.74) is 1.10. The maximum absolute atomic E-state index is 12.3. The lowest BCUT2D eigenvalue weighted by atomic mass is 10.1. The van der Waals surface area contributed by atoms with Crippen molar-refractivity contribution in [3.05, 3.63) is 17.0 Å². The Morgan fingerprint density at radius 3 is 2.42 bits per heavy atom. The zero-order valence-corrected chi connectivity index (χ0v) is 16.1. The summed E-state index contributed by atoms with van der Waals surface area (Å²) in [5.74, 6) is -2.55. The molecule has 1 saturated heterocycles. The lowest BCUT2D eigenvalue weighted by molar-refractivity contribution is -0.149. The van der Waals surface area contributed by atoms with E-state index in [-0.39, 0.29) is 17.1 Å². The molecule has 1 atom stereocenters. The Morgan fingerprint density at radius 1 is 1.31 bits per heavy atom. The van der Waals surface area contributed by atoms with Gasteiger partial charge in [-0.05, 0) is 27.2 Å². The van der Waals surface area contributed by atoms with E-state index < -0.39 is 40.1 Å². The number of carbonyl (C=O) groups is 3. The van der Waals surface area contributed by atoms with Crippen LogP contribution >= 0.6 is 0 Å². The number of ketones is 1. The van der Waals surface area contributed by atoms with Crippen molar-refractivity contribution in [2.24, 2.45) is 7.05 Å². The minimum Gasteiger partial charge on any atom is -0.450 e. The highest BCUT2D eigenvalue weighted by atomic mass is 32.2. The van der Waals surface area contributed by atoms with Crippen molar-refractivity contribution in [2.45, 2.75) is 33.2 Å². The van der Waals surface area contributed by atoms with E-state index in [1.807, 2.05) is 0 Å². The second-order valence-corrected chi connectivity index (χ2v) is 8.54. The maximum Gasteiger partial charge on any atom is 0.380 e. The fourth-order valence-electron chi connectivity index (χ4n) is 3.14. The van der Waals surface area contributed by atoms with Gasteiger partial charge in [0.05, 0.1) is 22.8 Å². The SMILES string of the molecule is CCN(C(=O)COC(=O)C(=O)c1c(C)nn(C)c1C)[C@H]1CCS(=O)(=O)C1. The number of hydrogen-bond acceptors (Lipinski definition) is 7. The van der Waals surface area contributed by atoms with Gasteiger partial charge in [0.2, 0.25) is 0 Å². The number of rotatable bonds is 6. The lowest BCUT2D eigenvalue weighted by Gasteiger charge is -2.26. The zero-order valence-electron chi connectivity index (χ0n) is 15.3. The molecule has 0 unspecified atom stereocenters. The van der Waals surface area contributed by atoms with Crippen LogP contribution in [0.15, 0.2) is 0 Å². The number of sulfone groups is 1. The third-order valence-electron chi connectivity index (χ3n) is 4.56. The molecule has 2 rings (SSSR count). The average molecular weight is 385 g/mol. The molecule has 0 spiro atoms. The minimum atomic E-state index is -3.14. The number of likely N-dealkylation sites (N-methyl/N-ethyl adjacent to an activating group) is 1. The molecule has 1 aromatic rings. The third kappa shape index (κ3) is 4.12. The van der Waals surface area contributed by atoms with Crippen LogP contribution in [-0.2, 0) is 31.2 Å². The van der Waals surface area contributed by atoms with Crippen molar-refractivity contribution in [3.8, 4) is 0 Å². The Bertz CT molecular complexity index is 842. The van der Waals surface area contributed by atoms with Crippen molar-refractivity contribution >= 4 is 27.5 Å². The normalized spacial score (nSPS) is 18.5. The summed E-state index contributed by atoms with van der Waals surface area (Å²) in [4.78, 5) is 38.0. The average Bonchev–Trinajstić information content (AvgIpc) is 3.04. The van der Waals surface area contributed by atoms with Gasteiger partial charge in [-0.3, -0.25) is 14.3 Å². The van der Waals surface area contributed by atoms with E-state index >= 15 is 0 Å². The molecule has 1 aromatic heterocycles. The molecule has 2 heterocycles. The second kappa shape index (κ2) is 7.56. The quantitative estimate of drug-likeness (QED) is 0.378. The molecule has 10 heteroatoms. The molecule has 144 valence electrons. The van der Waals surface area contributed by atoms with E-state index in [1.165, 1.54) is 9.58 Å². The monoisotopic (exact) mass is 385 g/mol. The fraction of sp³-hybridized carbons (Fsp3) is 0.625. The van der Waals surface area contributed by atoms with Crippen molar-refractivity contribution in [1.29, 1.82) is 0 Å². The molecule has 0 saturated carbocycles. The molecule has 0 aliphatic carbocycles. The van der Waals surface area contributed by atoms with Gasteiger partial charge in [-0.1, -0.05) is 0 Å². The Labute approximate surface area is 152 Å². The second-order valence-electron chi connectivity index (χ2n) is 6.31. The van der Waals surface area contributed by atoms with Crippen LogP contribution in [-0.4, -0.2) is 71.5 Å². The number of nitrogens with zero attached hydrogens (tertiary/aromatic N) is 3. The number of Topliss-reactive ketones (excluding diaryl/α,β-unsaturated/α-hetero) is 1. The number of aromatic nitrogens is 2. The topological polar surface area (TPSA) is 116 Å². The lowest BCUT2D eigenvalue weighted by Crippen LogP contribution is -2.43. The summed E-state index contributed by atoms with van der Waals surface area (Å²) >= 11 is 0. The number of esters is 1. The zero-order chi connectivity index (χ0) is 19.6. The molecular weight excluding hydrogens is 362 g/mol. The number of carbonyl (C=O) groups excluding carboxylic acids is 3. The van der Waals surface area contributed by atoms with E-state index in [2.05, 4.69) is 5.10 Å². The molecule has 1 aliphatic heterocycles. The molecular formula is C16H23N3O6S. The first kappa shape index (κ1) is 20.1. The van der Waals surface area contributed by atoms with E-state index in [9.17, 15) is 22.8 Å². The highest BCUT2D eigenvalue weighted by molar-refractivity contribution is 7.91. The fourth-order valence-corrected chi connectivity index (χ4v) is 4.87. The largest absolute Gasteiger partial charge is 0.450 e. The van der Waals surface area contributed by atoms with E-state index in [0.29, 0.717) is 24.4 Å².